The summed E-state index contributed by atoms with van der Waals surface area (Å²) in [5.74, 6) is -0.0876. The Balaban J connectivity index is 2.44. The quantitative estimate of drug-likeness (QED) is 0.684. The van der Waals surface area contributed by atoms with E-state index in [0.717, 1.165) is 6.42 Å². The van der Waals surface area contributed by atoms with E-state index in [0.29, 0.717) is 25.9 Å². The first-order valence-electron chi connectivity index (χ1n) is 4.99. The molecule has 1 saturated carbocycles. The molecule has 0 aliphatic heterocycles. The maximum atomic E-state index is 11.8. The topological polar surface area (TPSA) is 93.9 Å². The number of hydrogen-bond acceptors (Lipinski definition) is 4. The molecule has 0 spiro atoms. The van der Waals surface area contributed by atoms with Crippen molar-refractivity contribution in [2.45, 2.75) is 25.3 Å². The van der Waals surface area contributed by atoms with Gasteiger partial charge in [-0.3, -0.25) is 4.79 Å². The van der Waals surface area contributed by atoms with Crippen LogP contribution < -0.4 is 5.73 Å². The first kappa shape index (κ1) is 11.5. The molecule has 2 atom stereocenters. The molecule has 0 bridgehead atoms. The SMILES string of the molecule is N#CCCN(CCC#N)C(=O)C1CC1N. The molecule has 1 amide bonds. The van der Waals surface area contributed by atoms with Gasteiger partial charge >= 0.3 is 0 Å². The van der Waals surface area contributed by atoms with Gasteiger partial charge in [-0.05, 0) is 6.42 Å². The van der Waals surface area contributed by atoms with Crippen LogP contribution in [0.1, 0.15) is 19.3 Å². The van der Waals surface area contributed by atoms with E-state index in [-0.39, 0.29) is 17.9 Å². The Hall–Kier alpha value is -1.59. The summed E-state index contributed by atoms with van der Waals surface area (Å²) in [7, 11) is 0. The van der Waals surface area contributed by atoms with E-state index in [1.54, 1.807) is 4.90 Å². The summed E-state index contributed by atoms with van der Waals surface area (Å²) >= 11 is 0. The normalized spacial score (nSPS) is 22.6. The molecule has 1 rings (SSSR count). The third kappa shape index (κ3) is 3.23. The fourth-order valence-electron chi connectivity index (χ4n) is 1.44. The second kappa shape index (κ2) is 5.33. The molecule has 1 fully saturated rings. The maximum absolute atomic E-state index is 11.8. The van der Waals surface area contributed by atoms with Gasteiger partial charge in [0, 0.05) is 19.1 Å². The standard InChI is InChI=1S/C10H14N4O/c11-3-1-5-14(6-2-4-12)10(15)8-7-9(8)13/h8-9H,1-2,5-7,13H2. The summed E-state index contributed by atoms with van der Waals surface area (Å²) in [4.78, 5) is 13.3. The number of rotatable bonds is 5. The highest BCUT2D eigenvalue weighted by Crippen LogP contribution is 2.29. The molecular formula is C10H14N4O. The molecule has 0 aromatic carbocycles. The monoisotopic (exact) mass is 206 g/mol. The number of carbonyl (C=O) groups excluding carboxylic acids is 1. The largest absolute Gasteiger partial charge is 0.340 e. The second-order valence-corrected chi connectivity index (χ2v) is 3.65. The van der Waals surface area contributed by atoms with Gasteiger partial charge in [-0.15, -0.1) is 0 Å². The van der Waals surface area contributed by atoms with Crippen molar-refractivity contribution in [1.82, 2.24) is 4.90 Å². The van der Waals surface area contributed by atoms with Gasteiger partial charge in [-0.2, -0.15) is 10.5 Å². The Bertz CT molecular complexity index is 296. The lowest BCUT2D eigenvalue weighted by atomic mass is 10.3. The van der Waals surface area contributed by atoms with Crippen LogP contribution in [-0.4, -0.2) is 29.9 Å². The fraction of sp³-hybridized carbons (Fsp3) is 0.700. The minimum Gasteiger partial charge on any atom is -0.340 e. The summed E-state index contributed by atoms with van der Waals surface area (Å²) in [6, 6.07) is 3.96. The number of carbonyl (C=O) groups is 1. The molecule has 5 heteroatoms. The number of hydrogen-bond donors (Lipinski definition) is 1. The predicted octanol–water partition coefficient (Wildman–Crippen LogP) is -0.0104. The molecule has 5 nitrogen and oxygen atoms in total. The molecular weight excluding hydrogens is 192 g/mol. The summed E-state index contributed by atoms with van der Waals surface area (Å²) in [5.41, 5.74) is 5.58. The van der Waals surface area contributed by atoms with Crippen LogP contribution in [0, 0.1) is 28.6 Å². The van der Waals surface area contributed by atoms with Crippen LogP contribution in [0.5, 0.6) is 0 Å². The van der Waals surface area contributed by atoms with Crippen LogP contribution in [0.25, 0.3) is 0 Å². The highest BCUT2D eigenvalue weighted by molar-refractivity contribution is 5.82. The summed E-state index contributed by atoms with van der Waals surface area (Å²) in [6.45, 7) is 0.806. The lowest BCUT2D eigenvalue weighted by Gasteiger charge is -2.20. The van der Waals surface area contributed by atoms with Crippen LogP contribution in [-0.2, 0) is 4.79 Å². The van der Waals surface area contributed by atoms with Crippen molar-refractivity contribution in [3.8, 4) is 12.1 Å². The van der Waals surface area contributed by atoms with Crippen LogP contribution in [0.3, 0.4) is 0 Å². The van der Waals surface area contributed by atoms with Crippen molar-refractivity contribution in [2.75, 3.05) is 13.1 Å². The number of amides is 1. The first-order valence-corrected chi connectivity index (χ1v) is 4.99. The highest BCUT2D eigenvalue weighted by atomic mass is 16.2. The van der Waals surface area contributed by atoms with Gasteiger partial charge in [-0.1, -0.05) is 0 Å². The minimum absolute atomic E-state index is 0.00648. The summed E-state index contributed by atoms with van der Waals surface area (Å²) in [5, 5.41) is 16.9. The molecule has 0 aromatic rings. The van der Waals surface area contributed by atoms with Crippen LogP contribution >= 0.6 is 0 Å². The molecule has 1 aliphatic carbocycles. The van der Waals surface area contributed by atoms with E-state index >= 15 is 0 Å². The third-order valence-electron chi connectivity index (χ3n) is 2.46. The first-order chi connectivity index (χ1) is 7.20. The van der Waals surface area contributed by atoms with Crippen LogP contribution in [0.2, 0.25) is 0 Å². The Morgan fingerprint density at radius 3 is 2.13 bits per heavy atom. The van der Waals surface area contributed by atoms with E-state index in [9.17, 15) is 4.79 Å². The predicted molar refractivity (Wildman–Crippen MR) is 53.1 cm³/mol. The Kier molecular flexibility index (Phi) is 4.08. The van der Waals surface area contributed by atoms with E-state index < -0.39 is 0 Å². The van der Waals surface area contributed by atoms with Gasteiger partial charge in [0.25, 0.3) is 0 Å². The van der Waals surface area contributed by atoms with Gasteiger partial charge in [0.15, 0.2) is 0 Å². The molecule has 2 unspecified atom stereocenters. The van der Waals surface area contributed by atoms with Gasteiger partial charge in [-0.25, -0.2) is 0 Å². The molecule has 0 aromatic heterocycles. The lowest BCUT2D eigenvalue weighted by Crippen LogP contribution is -2.35. The van der Waals surface area contributed by atoms with Crippen molar-refractivity contribution in [3.63, 3.8) is 0 Å². The Labute approximate surface area is 89.1 Å². The van der Waals surface area contributed by atoms with Crippen LogP contribution in [0.15, 0.2) is 0 Å². The minimum atomic E-state index is -0.0811. The molecule has 1 aliphatic rings. The van der Waals surface area contributed by atoms with Gasteiger partial charge < -0.3 is 10.6 Å². The van der Waals surface area contributed by atoms with Crippen molar-refractivity contribution >= 4 is 5.91 Å². The van der Waals surface area contributed by atoms with Gasteiger partial charge in [0.05, 0.1) is 30.9 Å². The van der Waals surface area contributed by atoms with Crippen molar-refractivity contribution in [1.29, 1.82) is 10.5 Å². The Morgan fingerprint density at radius 1 is 1.33 bits per heavy atom. The number of nitriles is 2. The van der Waals surface area contributed by atoms with Crippen molar-refractivity contribution in [3.05, 3.63) is 0 Å². The number of nitrogens with zero attached hydrogens (tertiary/aromatic N) is 3. The lowest BCUT2D eigenvalue weighted by molar-refractivity contribution is -0.132. The van der Waals surface area contributed by atoms with E-state index in [1.807, 2.05) is 12.1 Å². The van der Waals surface area contributed by atoms with Crippen molar-refractivity contribution in [2.24, 2.45) is 11.7 Å². The van der Waals surface area contributed by atoms with Crippen LogP contribution in [0.4, 0.5) is 0 Å². The molecule has 15 heavy (non-hydrogen) atoms. The second-order valence-electron chi connectivity index (χ2n) is 3.65. The molecule has 0 saturated heterocycles. The molecule has 2 N–H and O–H groups in total. The van der Waals surface area contributed by atoms with E-state index in [1.165, 1.54) is 0 Å². The fourth-order valence-corrected chi connectivity index (χ4v) is 1.44. The summed E-state index contributed by atoms with van der Waals surface area (Å²) < 4.78 is 0. The molecule has 0 radical (unpaired) electrons. The molecule has 80 valence electrons. The average molecular weight is 206 g/mol. The van der Waals surface area contributed by atoms with Gasteiger partial charge in [0.2, 0.25) is 5.91 Å². The van der Waals surface area contributed by atoms with Gasteiger partial charge in [0.1, 0.15) is 0 Å². The maximum Gasteiger partial charge on any atom is 0.227 e. The highest BCUT2D eigenvalue weighted by Gasteiger charge is 2.42. The van der Waals surface area contributed by atoms with Crippen molar-refractivity contribution < 1.29 is 4.79 Å². The average Bonchev–Trinajstić information content (AvgIpc) is 2.95. The third-order valence-corrected chi connectivity index (χ3v) is 2.46. The number of nitrogens with two attached hydrogens (primary N) is 1. The summed E-state index contributed by atoms with van der Waals surface area (Å²) in [6.07, 6.45) is 1.34. The molecule has 0 heterocycles. The van der Waals surface area contributed by atoms with E-state index in [4.69, 9.17) is 16.3 Å². The Morgan fingerprint density at radius 2 is 1.80 bits per heavy atom. The zero-order chi connectivity index (χ0) is 11.3. The van der Waals surface area contributed by atoms with E-state index in [2.05, 4.69) is 0 Å². The zero-order valence-electron chi connectivity index (χ0n) is 8.52. The zero-order valence-corrected chi connectivity index (χ0v) is 8.52. The smallest absolute Gasteiger partial charge is 0.227 e.